The van der Waals surface area contributed by atoms with Crippen LogP contribution in [-0.4, -0.2) is 23.7 Å². The second kappa shape index (κ2) is 7.29. The minimum absolute atomic E-state index is 0.0980. The second-order valence-electron chi connectivity index (χ2n) is 3.80. The zero-order valence-electron chi connectivity index (χ0n) is 9.98. The Kier molecular flexibility index (Phi) is 5.66. The van der Waals surface area contributed by atoms with Gasteiger partial charge in [0, 0.05) is 24.4 Å². The molecule has 1 aromatic carbocycles. The lowest BCUT2D eigenvalue weighted by Gasteiger charge is -2.06. The van der Waals surface area contributed by atoms with Crippen LogP contribution in [0.2, 0.25) is 0 Å². The molecule has 0 bridgehead atoms. The summed E-state index contributed by atoms with van der Waals surface area (Å²) in [6, 6.07) is 6.02. The van der Waals surface area contributed by atoms with Crippen LogP contribution < -0.4 is 16.4 Å². The summed E-state index contributed by atoms with van der Waals surface area (Å²) in [5.41, 5.74) is 6.19. The zero-order valence-corrected chi connectivity index (χ0v) is 9.98. The minimum atomic E-state index is -0.629. The van der Waals surface area contributed by atoms with E-state index in [-0.39, 0.29) is 12.5 Å². The molecule has 5 N–H and O–H groups in total. The van der Waals surface area contributed by atoms with Crippen molar-refractivity contribution in [1.29, 1.82) is 0 Å². The van der Waals surface area contributed by atoms with Gasteiger partial charge in [-0.1, -0.05) is 0 Å². The number of carbonyl (C=O) groups excluding carboxylic acids is 2. The van der Waals surface area contributed by atoms with Gasteiger partial charge < -0.3 is 21.5 Å². The van der Waals surface area contributed by atoms with Crippen molar-refractivity contribution in [3.05, 3.63) is 24.3 Å². The van der Waals surface area contributed by atoms with Crippen molar-refractivity contribution in [2.75, 3.05) is 17.2 Å². The molecule has 6 heteroatoms. The topological polar surface area (TPSA) is 104 Å². The van der Waals surface area contributed by atoms with E-state index in [1.54, 1.807) is 24.3 Å². The Morgan fingerprint density at radius 2 is 1.61 bits per heavy atom. The first-order valence-corrected chi connectivity index (χ1v) is 5.69. The van der Waals surface area contributed by atoms with Gasteiger partial charge in [0.2, 0.25) is 5.91 Å². The molecule has 0 aromatic heterocycles. The average molecular weight is 251 g/mol. The number of rotatable bonds is 6. The monoisotopic (exact) mass is 251 g/mol. The fourth-order valence-electron chi connectivity index (χ4n) is 1.40. The summed E-state index contributed by atoms with van der Waals surface area (Å²) in [5, 5.41) is 13.7. The maximum absolute atomic E-state index is 11.5. The van der Waals surface area contributed by atoms with Gasteiger partial charge in [0.15, 0.2) is 0 Å². The summed E-state index contributed by atoms with van der Waals surface area (Å²) in [5.74, 6) is -0.0981. The minimum Gasteiger partial charge on any atom is -0.396 e. The molecule has 0 saturated heterocycles. The summed E-state index contributed by atoms with van der Waals surface area (Å²) < 4.78 is 0. The van der Waals surface area contributed by atoms with E-state index in [1.165, 1.54) is 0 Å². The number of unbranched alkanes of at least 4 members (excludes halogenated alkanes) is 1. The van der Waals surface area contributed by atoms with E-state index < -0.39 is 6.03 Å². The number of benzene rings is 1. The lowest BCUT2D eigenvalue weighted by atomic mass is 10.2. The number of primary amides is 1. The molecule has 0 spiro atoms. The Morgan fingerprint density at radius 3 is 2.11 bits per heavy atom. The number of aliphatic hydroxyl groups is 1. The maximum atomic E-state index is 11.5. The predicted octanol–water partition coefficient (Wildman–Crippen LogP) is 1.28. The van der Waals surface area contributed by atoms with Crippen molar-refractivity contribution in [3.63, 3.8) is 0 Å². The Hall–Kier alpha value is -2.08. The van der Waals surface area contributed by atoms with Gasteiger partial charge in [-0.3, -0.25) is 4.79 Å². The molecule has 0 radical (unpaired) electrons. The molecular formula is C12H17N3O3. The van der Waals surface area contributed by atoms with Crippen LogP contribution in [0.5, 0.6) is 0 Å². The van der Waals surface area contributed by atoms with Crippen LogP contribution in [0.4, 0.5) is 16.2 Å². The normalized spacial score (nSPS) is 9.83. The van der Waals surface area contributed by atoms with E-state index in [9.17, 15) is 9.59 Å². The van der Waals surface area contributed by atoms with Gasteiger partial charge in [-0.05, 0) is 37.1 Å². The van der Waals surface area contributed by atoms with Crippen molar-refractivity contribution >= 4 is 23.3 Å². The van der Waals surface area contributed by atoms with Gasteiger partial charge in [0.1, 0.15) is 0 Å². The molecule has 0 aliphatic rings. The second-order valence-corrected chi connectivity index (χ2v) is 3.80. The Bertz CT molecular complexity index is 404. The van der Waals surface area contributed by atoms with Crippen LogP contribution in [0.1, 0.15) is 19.3 Å². The van der Waals surface area contributed by atoms with Crippen molar-refractivity contribution in [2.45, 2.75) is 19.3 Å². The van der Waals surface area contributed by atoms with Gasteiger partial charge in [0.05, 0.1) is 0 Å². The van der Waals surface area contributed by atoms with Crippen LogP contribution in [0.3, 0.4) is 0 Å². The highest BCUT2D eigenvalue weighted by Crippen LogP contribution is 2.13. The van der Waals surface area contributed by atoms with Gasteiger partial charge in [-0.25, -0.2) is 4.79 Å². The average Bonchev–Trinajstić information content (AvgIpc) is 2.31. The quantitative estimate of drug-likeness (QED) is 0.572. The van der Waals surface area contributed by atoms with Crippen LogP contribution in [0, 0.1) is 0 Å². The van der Waals surface area contributed by atoms with Gasteiger partial charge in [0.25, 0.3) is 0 Å². The number of nitrogens with two attached hydrogens (primary N) is 1. The number of amides is 3. The summed E-state index contributed by atoms with van der Waals surface area (Å²) in [7, 11) is 0. The summed E-state index contributed by atoms with van der Waals surface area (Å²) >= 11 is 0. The van der Waals surface area contributed by atoms with Gasteiger partial charge in [-0.15, -0.1) is 0 Å². The van der Waals surface area contributed by atoms with Gasteiger partial charge >= 0.3 is 6.03 Å². The van der Waals surface area contributed by atoms with E-state index in [4.69, 9.17) is 10.8 Å². The molecule has 6 nitrogen and oxygen atoms in total. The lowest BCUT2D eigenvalue weighted by molar-refractivity contribution is -0.116. The number of carbonyl (C=O) groups is 2. The van der Waals surface area contributed by atoms with E-state index in [2.05, 4.69) is 10.6 Å². The number of anilines is 2. The molecule has 0 heterocycles. The van der Waals surface area contributed by atoms with E-state index >= 15 is 0 Å². The van der Waals surface area contributed by atoms with Crippen LogP contribution >= 0.6 is 0 Å². The molecule has 0 unspecified atom stereocenters. The molecule has 0 atom stereocenters. The van der Waals surface area contributed by atoms with Gasteiger partial charge in [-0.2, -0.15) is 0 Å². The molecule has 1 aromatic rings. The predicted molar refractivity (Wildman–Crippen MR) is 69.2 cm³/mol. The van der Waals surface area contributed by atoms with E-state index in [0.29, 0.717) is 30.6 Å². The fraction of sp³-hybridized carbons (Fsp3) is 0.333. The van der Waals surface area contributed by atoms with E-state index in [1.807, 2.05) is 0 Å². The fourth-order valence-corrected chi connectivity index (χ4v) is 1.40. The summed E-state index contributed by atoms with van der Waals surface area (Å²) in [6.45, 7) is 0.0980. The SMILES string of the molecule is NC(=O)Nc1ccc(NC(=O)CCCCO)cc1. The smallest absolute Gasteiger partial charge is 0.316 e. The number of hydrogen-bond donors (Lipinski definition) is 4. The highest BCUT2D eigenvalue weighted by atomic mass is 16.3. The molecular weight excluding hydrogens is 234 g/mol. The Balaban J connectivity index is 2.43. The highest BCUT2D eigenvalue weighted by molar-refractivity contribution is 5.91. The molecule has 0 fully saturated rings. The van der Waals surface area contributed by atoms with Crippen molar-refractivity contribution in [2.24, 2.45) is 5.73 Å². The molecule has 98 valence electrons. The molecule has 0 saturated carbocycles. The third kappa shape index (κ3) is 5.31. The molecule has 3 amide bonds. The van der Waals surface area contributed by atoms with Crippen molar-refractivity contribution in [1.82, 2.24) is 0 Å². The number of nitrogens with one attached hydrogen (secondary N) is 2. The Morgan fingerprint density at radius 1 is 1.06 bits per heavy atom. The third-order valence-corrected chi connectivity index (χ3v) is 2.25. The van der Waals surface area contributed by atoms with E-state index in [0.717, 1.165) is 0 Å². The first-order chi connectivity index (χ1) is 8.61. The molecule has 0 aliphatic heterocycles. The molecule has 0 aliphatic carbocycles. The van der Waals surface area contributed by atoms with Crippen LogP contribution in [0.15, 0.2) is 24.3 Å². The lowest BCUT2D eigenvalue weighted by Crippen LogP contribution is -2.19. The summed E-state index contributed by atoms with van der Waals surface area (Å²) in [4.78, 5) is 22.1. The van der Waals surface area contributed by atoms with Crippen LogP contribution in [-0.2, 0) is 4.79 Å². The molecule has 1 rings (SSSR count). The summed E-state index contributed by atoms with van der Waals surface area (Å²) in [6.07, 6.45) is 1.65. The number of urea groups is 1. The number of aliphatic hydroxyl groups excluding tert-OH is 1. The first kappa shape index (κ1) is 14.0. The maximum Gasteiger partial charge on any atom is 0.316 e. The standard InChI is InChI=1S/C12H17N3O3/c13-12(18)15-10-6-4-9(5-7-10)14-11(17)3-1-2-8-16/h4-7,16H,1-3,8H2,(H,14,17)(H3,13,15,18). The zero-order chi connectivity index (χ0) is 13.4. The van der Waals surface area contributed by atoms with Crippen LogP contribution in [0.25, 0.3) is 0 Å². The van der Waals surface area contributed by atoms with Crippen molar-refractivity contribution in [3.8, 4) is 0 Å². The molecule has 18 heavy (non-hydrogen) atoms. The van der Waals surface area contributed by atoms with Crippen molar-refractivity contribution < 1.29 is 14.7 Å². The first-order valence-electron chi connectivity index (χ1n) is 5.69. The largest absolute Gasteiger partial charge is 0.396 e. The number of hydrogen-bond acceptors (Lipinski definition) is 3. The highest BCUT2D eigenvalue weighted by Gasteiger charge is 2.02. The Labute approximate surface area is 105 Å². The third-order valence-electron chi connectivity index (χ3n) is 2.25.